The lowest BCUT2D eigenvalue weighted by Gasteiger charge is -2.26. The summed E-state index contributed by atoms with van der Waals surface area (Å²) in [4.78, 5) is 51.9. The Hall–Kier alpha value is -4.61. The number of aromatic nitrogens is 3. The Labute approximate surface area is 237 Å². The lowest BCUT2D eigenvalue weighted by molar-refractivity contribution is -0.125. The normalized spacial score (nSPS) is 13.6. The zero-order chi connectivity index (χ0) is 28.8. The molecule has 0 atom stereocenters. The number of hydrogen-bond donors (Lipinski definition) is 3. The number of amides is 2. The molecule has 0 bridgehead atoms. The first-order valence-electron chi connectivity index (χ1n) is 13.7. The fourth-order valence-electron chi connectivity index (χ4n) is 4.81. The van der Waals surface area contributed by atoms with Gasteiger partial charge in [0, 0.05) is 36.9 Å². The number of nitrogens with one attached hydrogen (secondary N) is 3. The van der Waals surface area contributed by atoms with Crippen molar-refractivity contribution in [3.8, 4) is 5.69 Å². The van der Waals surface area contributed by atoms with E-state index in [1.807, 2.05) is 53.5 Å². The number of fused-ring (bicyclic) bond motifs is 1. The van der Waals surface area contributed by atoms with Gasteiger partial charge in [-0.1, -0.05) is 37.6 Å². The van der Waals surface area contributed by atoms with E-state index >= 15 is 0 Å². The van der Waals surface area contributed by atoms with Gasteiger partial charge >= 0.3 is 0 Å². The van der Waals surface area contributed by atoms with Crippen LogP contribution in [-0.4, -0.2) is 51.6 Å². The molecule has 1 fully saturated rings. The Morgan fingerprint density at radius 3 is 2.37 bits per heavy atom. The fraction of sp³-hybridized carbons (Fsp3) is 0.300. The molecule has 0 spiro atoms. The summed E-state index contributed by atoms with van der Waals surface area (Å²) in [5, 5.41) is 5.35. The minimum absolute atomic E-state index is 0.0334. The summed E-state index contributed by atoms with van der Waals surface area (Å²) >= 11 is 0. The number of piperidine rings is 1. The smallest absolute Gasteiger partial charge is 0.280 e. The van der Waals surface area contributed by atoms with Crippen molar-refractivity contribution in [3.63, 3.8) is 0 Å². The van der Waals surface area contributed by atoms with Gasteiger partial charge in [0.1, 0.15) is 5.56 Å². The molecule has 1 aliphatic heterocycles. The Bertz CT molecular complexity index is 1590. The van der Waals surface area contributed by atoms with Crippen LogP contribution in [0.5, 0.6) is 0 Å². The maximum atomic E-state index is 13.2. The number of anilines is 2. The van der Waals surface area contributed by atoms with Crippen LogP contribution in [0, 0.1) is 0 Å². The van der Waals surface area contributed by atoms with Gasteiger partial charge in [-0.25, -0.2) is 15.5 Å². The number of hydrazine groups is 1. The van der Waals surface area contributed by atoms with E-state index in [4.69, 9.17) is 4.84 Å². The topological polar surface area (TPSA) is 130 Å². The quantitative estimate of drug-likeness (QED) is 0.268. The largest absolute Gasteiger partial charge is 0.324 e. The van der Waals surface area contributed by atoms with Gasteiger partial charge in [0.25, 0.3) is 5.91 Å². The number of carbonyl (C=O) groups excluding carboxylic acids is 2. The van der Waals surface area contributed by atoms with E-state index < -0.39 is 11.3 Å². The molecule has 2 aromatic carbocycles. The van der Waals surface area contributed by atoms with E-state index in [2.05, 4.69) is 33.1 Å². The Kier molecular flexibility index (Phi) is 8.66. The van der Waals surface area contributed by atoms with Crippen LogP contribution in [0.25, 0.3) is 16.7 Å². The molecule has 1 saturated heterocycles. The number of benzene rings is 2. The lowest BCUT2D eigenvalue weighted by Crippen LogP contribution is -2.45. The SMILES string of the molecule is CCc1ccc(-n2cc(C(=O)NOC)c(=O)c3cnc(Nc4ccc(CC(=O)NN5CCCCC5)cc4)nc32)cc1. The van der Waals surface area contributed by atoms with Crippen molar-refractivity contribution in [2.75, 3.05) is 25.5 Å². The molecule has 5 rings (SSSR count). The summed E-state index contributed by atoms with van der Waals surface area (Å²) in [7, 11) is 1.30. The highest BCUT2D eigenvalue weighted by Gasteiger charge is 2.18. The highest BCUT2D eigenvalue weighted by molar-refractivity contribution is 5.96. The first kappa shape index (κ1) is 27.9. The van der Waals surface area contributed by atoms with Crippen LogP contribution >= 0.6 is 0 Å². The zero-order valence-electron chi connectivity index (χ0n) is 23.1. The van der Waals surface area contributed by atoms with Crippen LogP contribution in [0.2, 0.25) is 0 Å². The number of nitrogens with zero attached hydrogens (tertiary/aromatic N) is 4. The summed E-state index contributed by atoms with van der Waals surface area (Å²) in [5.74, 6) is -0.417. The van der Waals surface area contributed by atoms with Crippen molar-refractivity contribution in [3.05, 3.63) is 87.8 Å². The third kappa shape index (κ3) is 6.59. The van der Waals surface area contributed by atoms with E-state index in [1.54, 1.807) is 4.57 Å². The van der Waals surface area contributed by atoms with E-state index in [-0.39, 0.29) is 29.2 Å². The average Bonchev–Trinajstić information content (AvgIpc) is 2.99. The average molecular weight is 556 g/mol. The molecular formula is C30H33N7O4. The standard InChI is InChI=1S/C30H33N7O4/c1-3-20-9-13-23(14-10-20)37-19-25(29(40)35-41-2)27(39)24-18-31-30(33-28(24)37)32-22-11-7-21(8-12-22)17-26(38)34-36-15-5-4-6-16-36/h7-14,18-19H,3-6,15-17H2,1-2H3,(H,34,38)(H,35,40)(H,31,32,33). The fourth-order valence-corrected chi connectivity index (χ4v) is 4.81. The van der Waals surface area contributed by atoms with Crippen molar-refractivity contribution in [1.29, 1.82) is 0 Å². The number of aryl methyl sites for hydroxylation is 1. The first-order chi connectivity index (χ1) is 19.9. The van der Waals surface area contributed by atoms with E-state index in [0.29, 0.717) is 5.65 Å². The second-order valence-electron chi connectivity index (χ2n) is 9.91. The van der Waals surface area contributed by atoms with Gasteiger partial charge in [-0.3, -0.25) is 24.6 Å². The second kappa shape index (κ2) is 12.7. The van der Waals surface area contributed by atoms with Gasteiger partial charge in [0.05, 0.1) is 18.9 Å². The predicted octanol–water partition coefficient (Wildman–Crippen LogP) is 3.44. The molecule has 3 N–H and O–H groups in total. The molecule has 0 unspecified atom stereocenters. The van der Waals surface area contributed by atoms with E-state index in [0.717, 1.165) is 54.9 Å². The van der Waals surface area contributed by atoms with Gasteiger partial charge < -0.3 is 9.88 Å². The van der Waals surface area contributed by atoms with Crippen LogP contribution < -0.4 is 21.7 Å². The van der Waals surface area contributed by atoms with E-state index in [9.17, 15) is 14.4 Å². The molecule has 2 aromatic heterocycles. The molecule has 4 aromatic rings. The molecule has 212 valence electrons. The summed E-state index contributed by atoms with van der Waals surface area (Å²) in [5.41, 5.74) is 8.44. The maximum absolute atomic E-state index is 13.2. The Morgan fingerprint density at radius 1 is 0.976 bits per heavy atom. The van der Waals surface area contributed by atoms with Crippen molar-refractivity contribution < 1.29 is 14.4 Å². The molecule has 2 amide bonds. The molecule has 0 radical (unpaired) electrons. The Morgan fingerprint density at radius 2 is 1.68 bits per heavy atom. The predicted molar refractivity (Wildman–Crippen MR) is 156 cm³/mol. The summed E-state index contributed by atoms with van der Waals surface area (Å²) in [6, 6.07) is 15.3. The molecule has 0 saturated carbocycles. The highest BCUT2D eigenvalue weighted by atomic mass is 16.6. The van der Waals surface area contributed by atoms with Gasteiger partial charge in [-0.15, -0.1) is 0 Å². The van der Waals surface area contributed by atoms with Gasteiger partial charge in [0.2, 0.25) is 17.3 Å². The minimum Gasteiger partial charge on any atom is -0.324 e. The summed E-state index contributed by atoms with van der Waals surface area (Å²) < 4.78 is 1.69. The van der Waals surface area contributed by atoms with Crippen LogP contribution in [0.4, 0.5) is 11.6 Å². The van der Waals surface area contributed by atoms with Gasteiger partial charge in [0.15, 0.2) is 5.65 Å². The molecule has 41 heavy (non-hydrogen) atoms. The van der Waals surface area contributed by atoms with Crippen LogP contribution in [-0.2, 0) is 22.5 Å². The molecular weight excluding hydrogens is 522 g/mol. The van der Waals surface area contributed by atoms with Gasteiger partial charge in [-0.2, -0.15) is 4.98 Å². The van der Waals surface area contributed by atoms with Crippen molar-refractivity contribution in [2.45, 2.75) is 39.0 Å². The van der Waals surface area contributed by atoms with Crippen molar-refractivity contribution in [1.82, 2.24) is 30.4 Å². The highest BCUT2D eigenvalue weighted by Crippen LogP contribution is 2.20. The first-order valence-corrected chi connectivity index (χ1v) is 13.7. The minimum atomic E-state index is -0.662. The monoisotopic (exact) mass is 555 g/mol. The van der Waals surface area contributed by atoms with Crippen LogP contribution in [0.15, 0.2) is 65.7 Å². The molecule has 1 aliphatic rings. The maximum Gasteiger partial charge on any atom is 0.280 e. The third-order valence-electron chi connectivity index (χ3n) is 7.02. The van der Waals surface area contributed by atoms with Crippen molar-refractivity contribution >= 4 is 34.5 Å². The molecule has 0 aliphatic carbocycles. The number of rotatable bonds is 9. The zero-order valence-corrected chi connectivity index (χ0v) is 23.1. The number of hydroxylamine groups is 1. The van der Waals surface area contributed by atoms with Crippen LogP contribution in [0.3, 0.4) is 0 Å². The molecule has 11 heteroatoms. The molecule has 3 heterocycles. The van der Waals surface area contributed by atoms with Gasteiger partial charge in [-0.05, 0) is 54.7 Å². The Balaban J connectivity index is 1.40. The summed E-state index contributed by atoms with van der Waals surface area (Å²) in [6.07, 6.45) is 7.44. The van der Waals surface area contributed by atoms with Crippen LogP contribution in [0.1, 0.15) is 47.7 Å². The van der Waals surface area contributed by atoms with Crippen molar-refractivity contribution in [2.24, 2.45) is 0 Å². The lowest BCUT2D eigenvalue weighted by atomic mass is 10.1. The summed E-state index contributed by atoms with van der Waals surface area (Å²) in [6.45, 7) is 3.85. The second-order valence-corrected chi connectivity index (χ2v) is 9.91. The number of carbonyl (C=O) groups is 2. The number of hydrogen-bond acceptors (Lipinski definition) is 8. The third-order valence-corrected chi connectivity index (χ3v) is 7.02. The number of pyridine rings is 1. The molecule has 11 nitrogen and oxygen atoms in total. The van der Waals surface area contributed by atoms with E-state index in [1.165, 1.54) is 25.9 Å².